The maximum Gasteiger partial charge on any atom is 0.472 e. The predicted molar refractivity (Wildman–Crippen MR) is 408 cm³/mol. The lowest BCUT2D eigenvalue weighted by Gasteiger charge is -2.24. The summed E-state index contributed by atoms with van der Waals surface area (Å²) < 4.78 is 34.8. The van der Waals surface area contributed by atoms with Crippen LogP contribution < -0.4 is 0 Å². The van der Waals surface area contributed by atoms with Gasteiger partial charge < -0.3 is 18.9 Å². The maximum absolute atomic E-state index is 12.9. The Labute approximate surface area is 581 Å². The zero-order valence-corrected chi connectivity index (χ0v) is 62.6. The van der Waals surface area contributed by atoms with Crippen LogP contribution in [0.3, 0.4) is 0 Å². The second-order valence-corrected chi connectivity index (χ2v) is 28.4. The van der Waals surface area contributed by atoms with Gasteiger partial charge in [0.2, 0.25) is 0 Å². The van der Waals surface area contributed by atoms with E-state index < -0.39 is 26.5 Å². The smallest absolute Gasteiger partial charge is 0.462 e. The molecule has 10 heteroatoms. The van der Waals surface area contributed by atoms with Gasteiger partial charge in [0.25, 0.3) is 0 Å². The average Bonchev–Trinajstić information content (AvgIpc) is 1.56. The number of esters is 2. The van der Waals surface area contributed by atoms with Crippen molar-refractivity contribution in [3.63, 3.8) is 0 Å². The Hall–Kier alpha value is -3.85. The van der Waals surface area contributed by atoms with Crippen LogP contribution >= 0.6 is 7.82 Å². The van der Waals surface area contributed by atoms with E-state index in [9.17, 15) is 19.0 Å². The Morgan fingerprint density at radius 2 is 0.574 bits per heavy atom. The fourth-order valence-corrected chi connectivity index (χ4v) is 11.6. The fourth-order valence-electron chi connectivity index (χ4n) is 10.8. The Morgan fingerprint density at radius 1 is 0.330 bits per heavy atom. The van der Waals surface area contributed by atoms with Crippen molar-refractivity contribution in [2.75, 3.05) is 47.5 Å². The van der Waals surface area contributed by atoms with Crippen molar-refractivity contribution in [3.05, 3.63) is 134 Å². The number of hydrogen-bond acceptors (Lipinski definition) is 7. The molecule has 0 saturated carbocycles. The average molecular weight is 1330 g/mol. The largest absolute Gasteiger partial charge is 0.472 e. The Morgan fingerprint density at radius 3 is 0.851 bits per heavy atom. The summed E-state index contributed by atoms with van der Waals surface area (Å²) in [4.78, 5) is 36.0. The van der Waals surface area contributed by atoms with E-state index in [2.05, 4.69) is 148 Å². The fraction of sp³-hybridized carbons (Fsp3) is 0.714. The van der Waals surface area contributed by atoms with E-state index in [1.165, 1.54) is 199 Å². The molecule has 0 aromatic carbocycles. The summed E-state index contributed by atoms with van der Waals surface area (Å²) in [7, 11) is 1.48. The highest BCUT2D eigenvalue weighted by Crippen LogP contribution is 2.43. The van der Waals surface area contributed by atoms with Gasteiger partial charge in [0, 0.05) is 12.8 Å². The number of quaternary nitrogens is 1. The molecule has 94 heavy (non-hydrogen) atoms. The molecule has 9 nitrogen and oxygen atoms in total. The number of phosphoric acid groups is 1. The number of hydrogen-bond donors (Lipinski definition) is 1. The molecule has 0 heterocycles. The van der Waals surface area contributed by atoms with E-state index in [1.807, 2.05) is 21.1 Å². The first-order valence-corrected chi connectivity index (χ1v) is 40.4. The van der Waals surface area contributed by atoms with Gasteiger partial charge in [0.15, 0.2) is 6.10 Å². The minimum Gasteiger partial charge on any atom is -0.462 e. The summed E-state index contributed by atoms with van der Waals surface area (Å²) in [5.41, 5.74) is 0. The first-order valence-electron chi connectivity index (χ1n) is 38.9. The van der Waals surface area contributed by atoms with Gasteiger partial charge in [-0.05, 0) is 109 Å². The number of unbranched alkanes of at least 4 members (excludes halogenated alkanes) is 35. The van der Waals surface area contributed by atoms with E-state index in [4.69, 9.17) is 18.5 Å². The summed E-state index contributed by atoms with van der Waals surface area (Å²) in [5.74, 6) is -0.788. The van der Waals surface area contributed by atoms with Crippen LogP contribution in [0, 0.1) is 0 Å². The van der Waals surface area contributed by atoms with Crippen LogP contribution in [-0.4, -0.2) is 74.9 Å². The van der Waals surface area contributed by atoms with Crippen molar-refractivity contribution in [1.29, 1.82) is 0 Å². The van der Waals surface area contributed by atoms with Crippen molar-refractivity contribution < 1.29 is 42.1 Å². The van der Waals surface area contributed by atoms with E-state index in [0.29, 0.717) is 17.4 Å². The summed E-state index contributed by atoms with van der Waals surface area (Å²) in [6, 6.07) is 0. The summed E-state index contributed by atoms with van der Waals surface area (Å²) >= 11 is 0. The third-order valence-electron chi connectivity index (χ3n) is 16.7. The number of nitrogens with zero attached hydrogens (tertiary/aromatic N) is 1. The maximum atomic E-state index is 12.9. The molecule has 2 atom stereocenters. The van der Waals surface area contributed by atoms with Gasteiger partial charge in [-0.3, -0.25) is 18.6 Å². The SMILES string of the molecule is CC/C=C\C/C=C\C/C=C\C/C=C\C/C=C\C/C=C\CCCCCCCCCCCCCCCCCCCCCCC(=O)OC(COC(=O)CCCCCCCCCCCCCCCCC/C=C\C/C=C\C/C=C\C/C=C\C/C=C\CC)COP(=O)(O)OCC[N+](C)(C)C. The van der Waals surface area contributed by atoms with Crippen LogP contribution in [0.1, 0.15) is 335 Å². The lowest BCUT2D eigenvalue weighted by Crippen LogP contribution is -2.37. The van der Waals surface area contributed by atoms with Crippen molar-refractivity contribution in [1.82, 2.24) is 0 Å². The van der Waals surface area contributed by atoms with Crippen molar-refractivity contribution in [2.24, 2.45) is 0 Å². The minimum absolute atomic E-state index is 0.0291. The predicted octanol–water partition coefficient (Wildman–Crippen LogP) is 25.9. The van der Waals surface area contributed by atoms with Gasteiger partial charge in [-0.15, -0.1) is 0 Å². The van der Waals surface area contributed by atoms with E-state index in [-0.39, 0.29) is 32.0 Å². The lowest BCUT2D eigenvalue weighted by molar-refractivity contribution is -0.870. The number of carbonyl (C=O) groups is 2. The van der Waals surface area contributed by atoms with Crippen molar-refractivity contribution >= 4 is 19.8 Å². The van der Waals surface area contributed by atoms with Gasteiger partial charge in [0.05, 0.1) is 27.7 Å². The number of likely N-dealkylation sites (N-methyl/N-ethyl adjacent to an activating group) is 1. The number of rotatable bonds is 71. The molecule has 0 aromatic heterocycles. The van der Waals surface area contributed by atoms with Gasteiger partial charge in [-0.2, -0.15) is 0 Å². The molecule has 540 valence electrons. The molecular formula is C84H147NO8P+. The number of allylic oxidation sites excluding steroid dienone is 22. The molecule has 2 unspecified atom stereocenters. The first-order chi connectivity index (χ1) is 46.0. The monoisotopic (exact) mass is 1330 g/mol. The molecular weight excluding hydrogens is 1180 g/mol. The molecule has 0 aromatic rings. The molecule has 0 amide bonds. The van der Waals surface area contributed by atoms with E-state index in [0.717, 1.165) is 103 Å². The molecule has 0 aliphatic rings. The van der Waals surface area contributed by atoms with Crippen LogP contribution in [0.5, 0.6) is 0 Å². The quantitative estimate of drug-likeness (QED) is 0.0211. The zero-order chi connectivity index (χ0) is 68.3. The molecule has 0 bridgehead atoms. The second kappa shape index (κ2) is 73.4. The standard InChI is InChI=1S/C84H146NO8P/c1-6-8-10-12-14-16-18-20-22-24-26-28-30-32-34-36-38-39-40-41-42-43-44-45-47-49-51-53-55-57-59-61-63-65-67-69-71-73-75-77-84(87)93-82(81-92-94(88,89)91-79-78-85(3,4)5)80-90-83(86)76-74-72-70-68-66-64-62-60-58-56-54-52-50-48-46-37-35-33-31-29-27-25-23-21-19-17-15-13-11-9-7-2/h8-11,14-17,20-23,26-29,32-35,38-39,82H,6-7,12-13,18-19,24-25,30-31,36-37,40-81H2,1-5H3/p+1/b10-8-,11-9-,16-14-,17-15-,22-20-,23-21-,28-26-,29-27-,34-32-,35-33-,39-38-. The summed E-state index contributed by atoms with van der Waals surface area (Å²) in [6.45, 7) is 4.24. The third-order valence-corrected chi connectivity index (χ3v) is 17.7. The summed E-state index contributed by atoms with van der Waals surface area (Å²) in [6.07, 6.45) is 107. The molecule has 0 saturated heterocycles. The van der Waals surface area contributed by atoms with E-state index in [1.54, 1.807) is 0 Å². The molecule has 0 rings (SSSR count). The van der Waals surface area contributed by atoms with E-state index >= 15 is 0 Å². The van der Waals surface area contributed by atoms with Crippen molar-refractivity contribution in [2.45, 2.75) is 341 Å². The highest BCUT2D eigenvalue weighted by Gasteiger charge is 2.27. The Bertz CT molecular complexity index is 2050. The molecule has 0 radical (unpaired) electrons. The third kappa shape index (κ3) is 77.2. The normalized spacial score (nSPS) is 13.8. The molecule has 0 aliphatic carbocycles. The number of ether oxygens (including phenoxy) is 2. The molecule has 1 N–H and O–H groups in total. The van der Waals surface area contributed by atoms with Crippen molar-refractivity contribution in [3.8, 4) is 0 Å². The van der Waals surface area contributed by atoms with Crippen LogP contribution in [-0.2, 0) is 32.7 Å². The highest BCUT2D eigenvalue weighted by molar-refractivity contribution is 7.47. The molecule has 0 fully saturated rings. The molecule has 0 aliphatic heterocycles. The van der Waals surface area contributed by atoms with Crippen LogP contribution in [0.2, 0.25) is 0 Å². The van der Waals surface area contributed by atoms with Crippen LogP contribution in [0.4, 0.5) is 0 Å². The number of carbonyl (C=O) groups excluding carboxylic acids is 2. The first kappa shape index (κ1) is 90.2. The van der Waals surface area contributed by atoms with Crippen LogP contribution in [0.15, 0.2) is 134 Å². The lowest BCUT2D eigenvalue weighted by atomic mass is 10.0. The summed E-state index contributed by atoms with van der Waals surface area (Å²) in [5, 5.41) is 0. The Kier molecular flexibility index (Phi) is 70.4. The highest BCUT2D eigenvalue weighted by atomic mass is 31.2. The second-order valence-electron chi connectivity index (χ2n) is 27.0. The topological polar surface area (TPSA) is 108 Å². The van der Waals surface area contributed by atoms with Gasteiger partial charge in [-0.1, -0.05) is 347 Å². The number of phosphoric ester groups is 1. The molecule has 0 spiro atoms. The van der Waals surface area contributed by atoms with Crippen LogP contribution in [0.25, 0.3) is 0 Å². The Balaban J connectivity index is 3.97. The van der Waals surface area contributed by atoms with Gasteiger partial charge in [-0.25, -0.2) is 4.57 Å². The zero-order valence-electron chi connectivity index (χ0n) is 61.7. The minimum atomic E-state index is -4.40. The van der Waals surface area contributed by atoms with Gasteiger partial charge >= 0.3 is 19.8 Å². The van der Waals surface area contributed by atoms with Gasteiger partial charge in [0.1, 0.15) is 19.8 Å².